The lowest BCUT2D eigenvalue weighted by Crippen LogP contribution is -2.46. The zero-order valence-electron chi connectivity index (χ0n) is 27.0. The van der Waals surface area contributed by atoms with Crippen LogP contribution in [0.2, 0.25) is 0 Å². The Morgan fingerprint density at radius 3 is 2.40 bits per heavy atom. The quantitative estimate of drug-likeness (QED) is 0.274. The highest BCUT2D eigenvalue weighted by Gasteiger charge is 2.28. The second-order valence-electron chi connectivity index (χ2n) is 13.0. The number of piperidine rings is 1. The molecule has 2 saturated heterocycles. The van der Waals surface area contributed by atoms with Crippen molar-refractivity contribution in [1.29, 1.82) is 0 Å². The van der Waals surface area contributed by atoms with Crippen molar-refractivity contribution >= 4 is 46.2 Å². The van der Waals surface area contributed by atoms with Gasteiger partial charge < -0.3 is 19.7 Å². The molecule has 12 heteroatoms. The SMILES string of the molecule is CN(C)C(=O)c1cc2cnc(Nc3ccc(N4CCN(Cc5ccc(C6CCC(=O)NC6=O)cc5)CC4)cn3)nc2n1C1CCCC1. The van der Waals surface area contributed by atoms with Crippen molar-refractivity contribution in [3.63, 3.8) is 0 Å². The average Bonchev–Trinajstić information content (AvgIpc) is 3.74. The fraction of sp³-hybridized carbons (Fsp3) is 0.429. The molecule has 3 aliphatic rings. The molecular weight excluding hydrogens is 594 g/mol. The normalized spacial score (nSPS) is 19.3. The molecule has 5 heterocycles. The molecule has 12 nitrogen and oxygen atoms in total. The molecule has 1 atom stereocenters. The minimum Gasteiger partial charge on any atom is -0.368 e. The summed E-state index contributed by atoms with van der Waals surface area (Å²) in [5.74, 6) is 0.459. The van der Waals surface area contributed by atoms with Gasteiger partial charge in [-0.1, -0.05) is 37.1 Å². The second-order valence-corrected chi connectivity index (χ2v) is 13.0. The third kappa shape index (κ3) is 6.55. The number of carbonyl (C=O) groups is 3. The van der Waals surface area contributed by atoms with Crippen LogP contribution in [0.1, 0.15) is 72.1 Å². The molecule has 0 bridgehead atoms. The Labute approximate surface area is 274 Å². The highest BCUT2D eigenvalue weighted by molar-refractivity contribution is 6.01. The summed E-state index contributed by atoms with van der Waals surface area (Å²) in [6.45, 7) is 4.51. The predicted octanol–water partition coefficient (Wildman–Crippen LogP) is 4.23. The van der Waals surface area contributed by atoms with E-state index in [9.17, 15) is 14.4 Å². The van der Waals surface area contributed by atoms with Crippen molar-refractivity contribution in [2.24, 2.45) is 0 Å². The van der Waals surface area contributed by atoms with Gasteiger partial charge in [-0.15, -0.1) is 0 Å². The third-order valence-corrected chi connectivity index (χ3v) is 9.64. The number of benzene rings is 1. The predicted molar refractivity (Wildman–Crippen MR) is 180 cm³/mol. The zero-order chi connectivity index (χ0) is 32.5. The van der Waals surface area contributed by atoms with Crippen LogP contribution in [0.3, 0.4) is 0 Å². The van der Waals surface area contributed by atoms with Gasteiger partial charge in [-0.2, -0.15) is 4.98 Å². The molecule has 47 heavy (non-hydrogen) atoms. The molecule has 244 valence electrons. The Morgan fingerprint density at radius 1 is 0.957 bits per heavy atom. The van der Waals surface area contributed by atoms with E-state index in [0.717, 1.165) is 80.7 Å². The summed E-state index contributed by atoms with van der Waals surface area (Å²) in [6, 6.07) is 14.4. The fourth-order valence-corrected chi connectivity index (χ4v) is 7.04. The minimum absolute atomic E-state index is 0.0248. The number of imide groups is 1. The smallest absolute Gasteiger partial charge is 0.270 e. The summed E-state index contributed by atoms with van der Waals surface area (Å²) < 4.78 is 2.12. The van der Waals surface area contributed by atoms with E-state index in [4.69, 9.17) is 4.98 Å². The molecule has 1 aromatic carbocycles. The Bertz CT molecular complexity index is 1770. The summed E-state index contributed by atoms with van der Waals surface area (Å²) in [5, 5.41) is 6.57. The maximum absolute atomic E-state index is 13.0. The monoisotopic (exact) mass is 635 g/mol. The van der Waals surface area contributed by atoms with Crippen LogP contribution in [-0.2, 0) is 16.1 Å². The van der Waals surface area contributed by atoms with Gasteiger partial charge in [-0.3, -0.25) is 24.6 Å². The van der Waals surface area contributed by atoms with Gasteiger partial charge in [0.15, 0.2) is 0 Å². The van der Waals surface area contributed by atoms with Gasteiger partial charge in [0.2, 0.25) is 17.8 Å². The molecule has 3 aromatic heterocycles. The maximum atomic E-state index is 13.0. The number of piperazine rings is 1. The van der Waals surface area contributed by atoms with Crippen molar-refractivity contribution in [2.45, 2.75) is 57.0 Å². The largest absolute Gasteiger partial charge is 0.368 e. The number of rotatable bonds is 8. The Kier molecular flexibility index (Phi) is 8.59. The Balaban J connectivity index is 0.959. The number of aromatic nitrogens is 4. The Hall–Kier alpha value is -4.84. The summed E-state index contributed by atoms with van der Waals surface area (Å²) in [5.41, 5.74) is 4.68. The number of carbonyl (C=O) groups excluding carboxylic acids is 3. The molecule has 1 unspecified atom stereocenters. The highest BCUT2D eigenvalue weighted by Crippen LogP contribution is 2.35. The van der Waals surface area contributed by atoms with E-state index in [2.05, 4.69) is 53.2 Å². The van der Waals surface area contributed by atoms with E-state index >= 15 is 0 Å². The van der Waals surface area contributed by atoms with Gasteiger partial charge in [0.25, 0.3) is 5.91 Å². The first-order chi connectivity index (χ1) is 22.8. The van der Waals surface area contributed by atoms with Crippen LogP contribution < -0.4 is 15.5 Å². The number of nitrogens with one attached hydrogen (secondary N) is 2. The van der Waals surface area contributed by atoms with Crippen molar-refractivity contribution in [3.05, 3.63) is 71.7 Å². The van der Waals surface area contributed by atoms with E-state index < -0.39 is 0 Å². The van der Waals surface area contributed by atoms with Crippen molar-refractivity contribution in [3.8, 4) is 0 Å². The molecule has 7 rings (SSSR count). The molecule has 0 spiro atoms. The molecule has 1 saturated carbocycles. The van der Waals surface area contributed by atoms with E-state index in [1.54, 1.807) is 25.2 Å². The van der Waals surface area contributed by atoms with Crippen LogP contribution >= 0.6 is 0 Å². The van der Waals surface area contributed by atoms with E-state index in [0.29, 0.717) is 30.3 Å². The van der Waals surface area contributed by atoms with Gasteiger partial charge in [0.1, 0.15) is 17.2 Å². The van der Waals surface area contributed by atoms with Gasteiger partial charge in [-0.25, -0.2) is 9.97 Å². The van der Waals surface area contributed by atoms with Crippen molar-refractivity contribution < 1.29 is 14.4 Å². The van der Waals surface area contributed by atoms with Crippen LogP contribution in [0, 0.1) is 0 Å². The number of amides is 3. The summed E-state index contributed by atoms with van der Waals surface area (Å²) >= 11 is 0. The highest BCUT2D eigenvalue weighted by atomic mass is 16.2. The molecule has 2 aliphatic heterocycles. The van der Waals surface area contributed by atoms with Gasteiger partial charge in [-0.05, 0) is 48.6 Å². The molecule has 1 aliphatic carbocycles. The molecule has 3 fully saturated rings. The second kappa shape index (κ2) is 13.1. The van der Waals surface area contributed by atoms with Gasteiger partial charge >= 0.3 is 0 Å². The molecule has 2 N–H and O–H groups in total. The average molecular weight is 636 g/mol. The lowest BCUT2D eigenvalue weighted by Gasteiger charge is -2.36. The maximum Gasteiger partial charge on any atom is 0.270 e. The minimum atomic E-state index is -0.251. The van der Waals surface area contributed by atoms with Crippen LogP contribution in [0.5, 0.6) is 0 Å². The standard InChI is InChI=1S/C35H41N9O3/c1-41(2)34(47)29-19-25-20-37-35(40-32(25)44(29)26-5-3-4-6-26)38-30-13-11-27(21-36-30)43-17-15-42(16-18-43)22-23-7-9-24(10-8-23)28-12-14-31(45)39-33(28)46/h7-11,13,19-21,26,28H,3-6,12,14-18,22H2,1-2H3,(H,39,45,46)(H,36,37,38,40). The van der Waals surface area contributed by atoms with E-state index in [-0.39, 0.29) is 29.7 Å². The van der Waals surface area contributed by atoms with Crippen LogP contribution in [-0.4, -0.2) is 87.3 Å². The lowest BCUT2D eigenvalue weighted by atomic mass is 9.90. The summed E-state index contributed by atoms with van der Waals surface area (Å²) in [6.07, 6.45) is 9.02. The summed E-state index contributed by atoms with van der Waals surface area (Å²) in [4.78, 5) is 57.2. The molecule has 4 aromatic rings. The topological polar surface area (TPSA) is 129 Å². The number of pyridine rings is 1. The zero-order valence-corrected chi connectivity index (χ0v) is 27.0. The summed E-state index contributed by atoms with van der Waals surface area (Å²) in [7, 11) is 3.56. The first-order valence-electron chi connectivity index (χ1n) is 16.5. The van der Waals surface area contributed by atoms with Crippen LogP contribution in [0.4, 0.5) is 17.5 Å². The number of hydrogen-bond donors (Lipinski definition) is 2. The van der Waals surface area contributed by atoms with Crippen molar-refractivity contribution in [2.75, 3.05) is 50.5 Å². The number of hydrogen-bond acceptors (Lipinski definition) is 9. The number of anilines is 3. The molecular formula is C35H41N9O3. The first-order valence-corrected chi connectivity index (χ1v) is 16.5. The van der Waals surface area contributed by atoms with Gasteiger partial charge in [0.05, 0.1) is 17.8 Å². The molecule has 3 amide bonds. The number of fused-ring (bicyclic) bond motifs is 1. The first kappa shape index (κ1) is 30.8. The fourth-order valence-electron chi connectivity index (χ4n) is 7.04. The van der Waals surface area contributed by atoms with Crippen LogP contribution in [0.15, 0.2) is 54.9 Å². The van der Waals surface area contributed by atoms with Gasteiger partial charge in [0, 0.05) is 70.9 Å². The third-order valence-electron chi connectivity index (χ3n) is 9.64. The van der Waals surface area contributed by atoms with Crippen LogP contribution in [0.25, 0.3) is 11.0 Å². The van der Waals surface area contributed by atoms with E-state index in [1.807, 2.05) is 30.5 Å². The molecule has 0 radical (unpaired) electrons. The number of nitrogens with zero attached hydrogens (tertiary/aromatic N) is 7. The Morgan fingerprint density at radius 2 is 1.72 bits per heavy atom. The lowest BCUT2D eigenvalue weighted by molar-refractivity contribution is -0.134. The van der Waals surface area contributed by atoms with E-state index in [1.165, 1.54) is 5.56 Å². The van der Waals surface area contributed by atoms with Crippen molar-refractivity contribution in [1.82, 2.24) is 34.6 Å².